The molecule has 2 aliphatic rings. The van der Waals surface area contributed by atoms with Gasteiger partial charge in [-0.1, -0.05) is 25.0 Å². The van der Waals surface area contributed by atoms with Crippen molar-refractivity contribution < 1.29 is 9.53 Å². The van der Waals surface area contributed by atoms with Crippen LogP contribution in [0.25, 0.3) is 0 Å². The number of nitrogens with one attached hydrogen (secondary N) is 2. The molecule has 7 heteroatoms. The summed E-state index contributed by atoms with van der Waals surface area (Å²) in [7, 11) is 0. The lowest BCUT2D eigenvalue weighted by molar-refractivity contribution is -0.117. The van der Waals surface area contributed by atoms with E-state index in [0.717, 1.165) is 23.6 Å². The maximum absolute atomic E-state index is 12.6. The van der Waals surface area contributed by atoms with Crippen LogP contribution in [0.15, 0.2) is 48.7 Å². The first-order chi connectivity index (χ1) is 12.8. The van der Waals surface area contributed by atoms with Crippen molar-refractivity contribution >= 4 is 36.4 Å². The van der Waals surface area contributed by atoms with Crippen molar-refractivity contribution in [2.75, 3.05) is 5.32 Å². The minimum absolute atomic E-state index is 0. The summed E-state index contributed by atoms with van der Waals surface area (Å²) >= 11 is 0. The highest BCUT2D eigenvalue weighted by Gasteiger charge is 2.38. The van der Waals surface area contributed by atoms with Gasteiger partial charge in [-0.2, -0.15) is 0 Å². The van der Waals surface area contributed by atoms with Crippen LogP contribution in [0, 0.1) is 5.92 Å². The van der Waals surface area contributed by atoms with Crippen molar-refractivity contribution in [3.8, 4) is 5.75 Å². The topological polar surface area (TPSA) is 63.2 Å². The van der Waals surface area contributed by atoms with E-state index in [-0.39, 0.29) is 36.8 Å². The lowest BCUT2D eigenvalue weighted by atomic mass is 9.85. The Kier molecular flexibility index (Phi) is 8.55. The first-order valence-corrected chi connectivity index (χ1v) is 9.47. The summed E-state index contributed by atoms with van der Waals surface area (Å²) in [6, 6.07) is 13.7. The van der Waals surface area contributed by atoms with E-state index >= 15 is 0 Å². The fraction of sp³-hybridized carbons (Fsp3) is 0.429. The zero-order chi connectivity index (χ0) is 17.8. The van der Waals surface area contributed by atoms with Crippen LogP contribution in [0.2, 0.25) is 0 Å². The molecule has 152 valence electrons. The van der Waals surface area contributed by atoms with E-state index < -0.39 is 0 Å². The summed E-state index contributed by atoms with van der Waals surface area (Å²) in [5.74, 6) is 1.44. The average Bonchev–Trinajstić information content (AvgIpc) is 3.12. The molecule has 2 fully saturated rings. The van der Waals surface area contributed by atoms with Crippen LogP contribution >= 0.6 is 24.8 Å². The highest BCUT2D eigenvalue weighted by Crippen LogP contribution is 2.33. The lowest BCUT2D eigenvalue weighted by Gasteiger charge is -2.24. The van der Waals surface area contributed by atoms with Gasteiger partial charge in [0.1, 0.15) is 12.4 Å². The normalized spacial score (nSPS) is 22.9. The Balaban J connectivity index is 0.00000140. The molecule has 1 amide bonds. The number of nitrogens with zero attached hydrogens (tertiary/aromatic N) is 1. The number of hydrogen-bond acceptors (Lipinski definition) is 4. The van der Waals surface area contributed by atoms with E-state index in [1.807, 2.05) is 42.5 Å². The molecule has 2 aromatic rings. The third-order valence-corrected chi connectivity index (χ3v) is 5.39. The molecule has 1 aliphatic carbocycles. The molecular formula is C21H27Cl2N3O2. The molecule has 1 aromatic carbocycles. The van der Waals surface area contributed by atoms with E-state index in [0.29, 0.717) is 18.6 Å². The SMILES string of the molecule is Cl.Cl.O=C(Nc1cccc(OCc2ccccn2)c1)C1CC2CCCCC2N1. The number of ether oxygens (including phenoxy) is 1. The van der Waals surface area contributed by atoms with Gasteiger partial charge in [0, 0.05) is 24.0 Å². The standard InChI is InChI=1S/C21H25N3O2.2ClH/c25-21(20-12-15-6-1-2-10-19(15)24-20)23-16-8-5-9-18(13-16)26-14-17-7-3-4-11-22-17;;/h3-5,7-9,11,13,15,19-20,24H,1-2,6,10,12,14H2,(H,23,25);2*1H. The second-order valence-corrected chi connectivity index (χ2v) is 7.23. The van der Waals surface area contributed by atoms with Crippen molar-refractivity contribution in [1.82, 2.24) is 10.3 Å². The van der Waals surface area contributed by atoms with Crippen molar-refractivity contribution in [2.24, 2.45) is 5.92 Å². The Labute approximate surface area is 178 Å². The van der Waals surface area contributed by atoms with Gasteiger partial charge in [-0.3, -0.25) is 9.78 Å². The monoisotopic (exact) mass is 423 g/mol. The summed E-state index contributed by atoms with van der Waals surface area (Å²) < 4.78 is 5.79. The van der Waals surface area contributed by atoms with Gasteiger partial charge >= 0.3 is 0 Å². The van der Waals surface area contributed by atoms with Crippen molar-refractivity contribution in [2.45, 2.75) is 50.8 Å². The number of benzene rings is 1. The molecule has 3 atom stereocenters. The first kappa shape index (κ1) is 22.5. The van der Waals surface area contributed by atoms with E-state index in [1.54, 1.807) is 6.20 Å². The number of carbonyl (C=O) groups is 1. The minimum atomic E-state index is -0.0822. The van der Waals surface area contributed by atoms with Crippen LogP contribution in [-0.2, 0) is 11.4 Å². The number of anilines is 1. The molecule has 1 saturated heterocycles. The molecule has 0 spiro atoms. The van der Waals surface area contributed by atoms with E-state index in [1.165, 1.54) is 25.7 Å². The predicted molar refractivity (Wildman–Crippen MR) is 115 cm³/mol. The fourth-order valence-corrected chi connectivity index (χ4v) is 4.05. The number of carbonyl (C=O) groups excluding carboxylic acids is 1. The molecule has 28 heavy (non-hydrogen) atoms. The highest BCUT2D eigenvalue weighted by molar-refractivity contribution is 5.95. The number of aromatic nitrogens is 1. The van der Waals surface area contributed by atoms with Crippen molar-refractivity contribution in [3.05, 3.63) is 54.4 Å². The summed E-state index contributed by atoms with van der Waals surface area (Å²) in [6.45, 7) is 0.409. The van der Waals surface area contributed by atoms with Crippen LogP contribution in [0.4, 0.5) is 5.69 Å². The molecule has 2 heterocycles. The van der Waals surface area contributed by atoms with Crippen molar-refractivity contribution in [3.63, 3.8) is 0 Å². The van der Waals surface area contributed by atoms with Crippen molar-refractivity contribution in [1.29, 1.82) is 0 Å². The zero-order valence-electron chi connectivity index (χ0n) is 15.7. The van der Waals surface area contributed by atoms with Gasteiger partial charge in [-0.05, 0) is 49.4 Å². The number of pyridine rings is 1. The summed E-state index contributed by atoms with van der Waals surface area (Å²) in [6.07, 6.45) is 7.72. The van der Waals surface area contributed by atoms with E-state index in [4.69, 9.17) is 4.74 Å². The fourth-order valence-electron chi connectivity index (χ4n) is 4.05. The Morgan fingerprint density at radius 1 is 1.14 bits per heavy atom. The zero-order valence-corrected chi connectivity index (χ0v) is 17.3. The number of halogens is 2. The average molecular weight is 424 g/mol. The minimum Gasteiger partial charge on any atom is -0.487 e. The molecule has 3 unspecified atom stereocenters. The molecular weight excluding hydrogens is 397 g/mol. The van der Waals surface area contributed by atoms with Gasteiger partial charge in [0.25, 0.3) is 0 Å². The second-order valence-electron chi connectivity index (χ2n) is 7.23. The molecule has 5 nitrogen and oxygen atoms in total. The number of amides is 1. The third-order valence-electron chi connectivity index (χ3n) is 5.39. The number of rotatable bonds is 5. The largest absolute Gasteiger partial charge is 0.487 e. The molecule has 0 bridgehead atoms. The molecule has 0 radical (unpaired) electrons. The Morgan fingerprint density at radius 3 is 2.79 bits per heavy atom. The molecule has 1 aromatic heterocycles. The van der Waals surface area contributed by atoms with Gasteiger partial charge in [-0.15, -0.1) is 24.8 Å². The molecule has 1 aliphatic heterocycles. The Morgan fingerprint density at radius 2 is 2.00 bits per heavy atom. The van der Waals surface area contributed by atoms with Gasteiger partial charge in [0.2, 0.25) is 5.91 Å². The first-order valence-electron chi connectivity index (χ1n) is 9.47. The molecule has 2 N–H and O–H groups in total. The van der Waals surface area contributed by atoms with Crippen LogP contribution in [0.5, 0.6) is 5.75 Å². The van der Waals surface area contributed by atoms with Crippen LogP contribution in [-0.4, -0.2) is 23.0 Å². The number of hydrogen-bond donors (Lipinski definition) is 2. The van der Waals surface area contributed by atoms with Crippen LogP contribution in [0.1, 0.15) is 37.8 Å². The Hall–Kier alpha value is -1.82. The third kappa shape index (κ3) is 5.60. The van der Waals surface area contributed by atoms with Gasteiger partial charge < -0.3 is 15.4 Å². The maximum atomic E-state index is 12.6. The highest BCUT2D eigenvalue weighted by atomic mass is 35.5. The van der Waals surface area contributed by atoms with Gasteiger partial charge in [0.05, 0.1) is 11.7 Å². The van der Waals surface area contributed by atoms with Crippen LogP contribution in [0.3, 0.4) is 0 Å². The maximum Gasteiger partial charge on any atom is 0.241 e. The molecule has 1 saturated carbocycles. The summed E-state index contributed by atoms with van der Waals surface area (Å²) in [5.41, 5.74) is 1.64. The molecule has 4 rings (SSSR count). The van der Waals surface area contributed by atoms with E-state index in [2.05, 4.69) is 15.6 Å². The number of fused-ring (bicyclic) bond motifs is 1. The summed E-state index contributed by atoms with van der Waals surface area (Å²) in [4.78, 5) is 16.9. The lowest BCUT2D eigenvalue weighted by Crippen LogP contribution is -2.39. The van der Waals surface area contributed by atoms with Crippen LogP contribution < -0.4 is 15.4 Å². The quantitative estimate of drug-likeness (QED) is 0.749. The predicted octanol–water partition coefficient (Wildman–Crippen LogP) is 4.36. The van der Waals surface area contributed by atoms with Gasteiger partial charge in [-0.25, -0.2) is 0 Å². The smallest absolute Gasteiger partial charge is 0.241 e. The Bertz CT molecular complexity index is 746. The second kappa shape index (κ2) is 10.6. The summed E-state index contributed by atoms with van der Waals surface area (Å²) in [5, 5.41) is 6.56. The van der Waals surface area contributed by atoms with Gasteiger partial charge in [0.15, 0.2) is 0 Å². The van der Waals surface area contributed by atoms with E-state index in [9.17, 15) is 4.79 Å².